The Labute approximate surface area is 103 Å². The number of hydrogen-bond acceptors (Lipinski definition) is 4. The minimum absolute atomic E-state index is 0.223. The number of rotatable bonds is 9. The van der Waals surface area contributed by atoms with Gasteiger partial charge in [-0.2, -0.15) is 0 Å². The van der Waals surface area contributed by atoms with E-state index in [0.717, 1.165) is 0 Å². The lowest BCUT2D eigenvalue weighted by Gasteiger charge is -2.13. The molecule has 0 radical (unpaired) electrons. The van der Waals surface area contributed by atoms with Crippen LogP contribution in [0.15, 0.2) is 30.3 Å². The Kier molecular flexibility index (Phi) is 7.58. The van der Waals surface area contributed by atoms with E-state index in [4.69, 9.17) is 19.9 Å². The smallest absolute Gasteiger partial charge is 0.154 e. The molecule has 0 aliphatic rings. The molecule has 0 fully saturated rings. The summed E-state index contributed by atoms with van der Waals surface area (Å²) in [6, 6.07) is 10.1. The lowest BCUT2D eigenvalue weighted by Crippen LogP contribution is -2.20. The maximum atomic E-state index is 5.47. The molecule has 4 nitrogen and oxygen atoms in total. The van der Waals surface area contributed by atoms with Crippen molar-refractivity contribution in [2.24, 2.45) is 5.73 Å². The van der Waals surface area contributed by atoms with Gasteiger partial charge >= 0.3 is 0 Å². The highest BCUT2D eigenvalue weighted by atomic mass is 16.7. The van der Waals surface area contributed by atoms with Crippen molar-refractivity contribution in [3.63, 3.8) is 0 Å². The van der Waals surface area contributed by atoms with E-state index >= 15 is 0 Å². The third-order valence-electron chi connectivity index (χ3n) is 2.16. The first kappa shape index (κ1) is 14.1. The lowest BCUT2D eigenvalue weighted by molar-refractivity contribution is -0.138. The van der Waals surface area contributed by atoms with Gasteiger partial charge < -0.3 is 19.9 Å². The molecular formula is C13H21NO3. The van der Waals surface area contributed by atoms with Crippen LogP contribution < -0.4 is 5.73 Å². The normalized spacial score (nSPS) is 12.6. The molecule has 0 aliphatic carbocycles. The van der Waals surface area contributed by atoms with Gasteiger partial charge in [-0.05, 0) is 12.5 Å². The van der Waals surface area contributed by atoms with Crippen molar-refractivity contribution >= 4 is 0 Å². The van der Waals surface area contributed by atoms with Crippen LogP contribution >= 0.6 is 0 Å². The fourth-order valence-electron chi connectivity index (χ4n) is 1.32. The van der Waals surface area contributed by atoms with Crippen LogP contribution in [0.3, 0.4) is 0 Å². The zero-order chi connectivity index (χ0) is 12.3. The van der Waals surface area contributed by atoms with E-state index in [-0.39, 0.29) is 6.29 Å². The van der Waals surface area contributed by atoms with E-state index in [9.17, 15) is 0 Å². The molecule has 1 unspecified atom stereocenters. The molecule has 2 N–H and O–H groups in total. The molecule has 1 rings (SSSR count). The summed E-state index contributed by atoms with van der Waals surface area (Å²) in [7, 11) is 0. The molecule has 0 heterocycles. The van der Waals surface area contributed by atoms with E-state index in [1.807, 2.05) is 37.3 Å². The molecule has 1 aromatic rings. The average Bonchev–Trinajstić information content (AvgIpc) is 2.37. The molecule has 17 heavy (non-hydrogen) atoms. The predicted molar refractivity (Wildman–Crippen MR) is 66.5 cm³/mol. The highest BCUT2D eigenvalue weighted by molar-refractivity contribution is 5.13. The zero-order valence-electron chi connectivity index (χ0n) is 10.3. The highest BCUT2D eigenvalue weighted by Gasteiger charge is 2.00. The van der Waals surface area contributed by atoms with Crippen molar-refractivity contribution in [3.8, 4) is 0 Å². The van der Waals surface area contributed by atoms with E-state index in [1.54, 1.807) is 0 Å². The first-order valence-electron chi connectivity index (χ1n) is 5.88. The van der Waals surface area contributed by atoms with Crippen molar-refractivity contribution in [1.29, 1.82) is 0 Å². The summed E-state index contributed by atoms with van der Waals surface area (Å²) in [5, 5.41) is 0. The van der Waals surface area contributed by atoms with E-state index < -0.39 is 0 Å². The van der Waals surface area contributed by atoms with Gasteiger partial charge in [0.2, 0.25) is 0 Å². The second-order valence-electron chi connectivity index (χ2n) is 3.64. The molecule has 4 heteroatoms. The first-order chi connectivity index (χ1) is 8.33. The summed E-state index contributed by atoms with van der Waals surface area (Å²) in [6.07, 6.45) is -0.223. The fourth-order valence-corrected chi connectivity index (χ4v) is 1.32. The van der Waals surface area contributed by atoms with Crippen LogP contribution in [-0.4, -0.2) is 32.7 Å². The number of ether oxygens (including phenoxy) is 3. The summed E-state index contributed by atoms with van der Waals surface area (Å²) < 4.78 is 16.1. The van der Waals surface area contributed by atoms with Crippen molar-refractivity contribution in [2.45, 2.75) is 19.8 Å². The lowest BCUT2D eigenvalue weighted by atomic mass is 10.2. The van der Waals surface area contributed by atoms with Crippen LogP contribution in [0.1, 0.15) is 12.5 Å². The van der Waals surface area contributed by atoms with Crippen molar-refractivity contribution in [1.82, 2.24) is 0 Å². The van der Waals surface area contributed by atoms with Crippen LogP contribution in [0, 0.1) is 0 Å². The number of hydrogen-bond donors (Lipinski definition) is 1. The molecule has 0 bridgehead atoms. The Morgan fingerprint density at radius 1 is 1.06 bits per heavy atom. The molecule has 1 atom stereocenters. The molecule has 0 saturated carbocycles. The monoisotopic (exact) mass is 239 g/mol. The topological polar surface area (TPSA) is 53.7 Å². The van der Waals surface area contributed by atoms with Gasteiger partial charge in [0.05, 0.1) is 26.4 Å². The van der Waals surface area contributed by atoms with Gasteiger partial charge in [-0.1, -0.05) is 30.3 Å². The average molecular weight is 239 g/mol. The predicted octanol–water partition coefficient (Wildman–Crippen LogP) is 1.54. The van der Waals surface area contributed by atoms with Crippen LogP contribution in [-0.2, 0) is 20.8 Å². The Morgan fingerprint density at radius 3 is 2.47 bits per heavy atom. The van der Waals surface area contributed by atoms with Gasteiger partial charge in [-0.25, -0.2) is 0 Å². The van der Waals surface area contributed by atoms with Crippen LogP contribution in [0.2, 0.25) is 0 Å². The summed E-state index contributed by atoms with van der Waals surface area (Å²) in [6.45, 7) is 4.59. The van der Waals surface area contributed by atoms with Gasteiger partial charge in [0.25, 0.3) is 0 Å². The molecule has 0 saturated heterocycles. The number of nitrogens with two attached hydrogens (primary N) is 1. The minimum atomic E-state index is -0.223. The molecule has 96 valence electrons. The standard InChI is InChI=1S/C13H21NO3/c1-12(16-8-7-14)17-10-9-15-11-13-5-3-2-4-6-13/h2-6,12H,7-11,14H2,1H3. The SMILES string of the molecule is CC(OCCN)OCCOCc1ccccc1. The minimum Gasteiger partial charge on any atom is -0.374 e. The summed E-state index contributed by atoms with van der Waals surface area (Å²) in [4.78, 5) is 0. The largest absolute Gasteiger partial charge is 0.374 e. The van der Waals surface area contributed by atoms with Crippen molar-refractivity contribution in [3.05, 3.63) is 35.9 Å². The molecule has 0 aromatic heterocycles. The van der Waals surface area contributed by atoms with E-state index in [1.165, 1.54) is 5.56 Å². The summed E-state index contributed by atoms with van der Waals surface area (Å²) >= 11 is 0. The van der Waals surface area contributed by atoms with Crippen molar-refractivity contribution < 1.29 is 14.2 Å². The van der Waals surface area contributed by atoms with Crippen LogP contribution in [0.4, 0.5) is 0 Å². The van der Waals surface area contributed by atoms with Crippen molar-refractivity contribution in [2.75, 3.05) is 26.4 Å². The van der Waals surface area contributed by atoms with Crippen LogP contribution in [0.25, 0.3) is 0 Å². The quantitative estimate of drug-likeness (QED) is 0.524. The van der Waals surface area contributed by atoms with Gasteiger partial charge in [-0.3, -0.25) is 0 Å². The number of benzene rings is 1. The van der Waals surface area contributed by atoms with E-state index in [0.29, 0.717) is 33.0 Å². The maximum Gasteiger partial charge on any atom is 0.154 e. The zero-order valence-corrected chi connectivity index (χ0v) is 10.3. The Morgan fingerprint density at radius 2 is 1.76 bits per heavy atom. The van der Waals surface area contributed by atoms with Gasteiger partial charge in [0, 0.05) is 6.54 Å². The molecule has 0 amide bonds. The molecule has 0 spiro atoms. The van der Waals surface area contributed by atoms with E-state index in [2.05, 4.69) is 0 Å². The first-order valence-corrected chi connectivity index (χ1v) is 5.88. The third kappa shape index (κ3) is 7.07. The Bertz CT molecular complexity index is 279. The summed E-state index contributed by atoms with van der Waals surface area (Å²) in [5.41, 5.74) is 6.48. The third-order valence-corrected chi connectivity index (χ3v) is 2.16. The molecular weight excluding hydrogens is 218 g/mol. The Hall–Kier alpha value is -0.940. The summed E-state index contributed by atoms with van der Waals surface area (Å²) in [5.74, 6) is 0. The fraction of sp³-hybridized carbons (Fsp3) is 0.538. The maximum absolute atomic E-state index is 5.47. The second-order valence-corrected chi connectivity index (χ2v) is 3.64. The highest BCUT2D eigenvalue weighted by Crippen LogP contribution is 2.00. The second kappa shape index (κ2) is 9.13. The molecule has 0 aliphatic heterocycles. The van der Waals surface area contributed by atoms with Gasteiger partial charge in [0.15, 0.2) is 6.29 Å². The Balaban J connectivity index is 1.97. The molecule has 1 aromatic carbocycles. The van der Waals surface area contributed by atoms with Gasteiger partial charge in [-0.15, -0.1) is 0 Å². The van der Waals surface area contributed by atoms with Crippen LogP contribution in [0.5, 0.6) is 0 Å². The van der Waals surface area contributed by atoms with Gasteiger partial charge in [0.1, 0.15) is 0 Å².